The van der Waals surface area contributed by atoms with Crippen molar-refractivity contribution in [1.82, 2.24) is 5.06 Å². The van der Waals surface area contributed by atoms with Crippen LogP contribution in [-0.4, -0.2) is 142 Å². The molecule has 0 aromatic rings. The van der Waals surface area contributed by atoms with Crippen molar-refractivity contribution in [3.05, 3.63) is 0 Å². The molecule has 14 nitrogen and oxygen atoms in total. The molecule has 0 aromatic heterocycles. The molecule has 0 aliphatic carbocycles. The summed E-state index contributed by atoms with van der Waals surface area (Å²) in [5.41, 5.74) is 0. The van der Waals surface area contributed by atoms with Gasteiger partial charge in [-0.15, -0.1) is 5.06 Å². The standard InChI is InChI=1S/C24H43NO13/c1-29-6-7-31-10-11-33-14-15-35-18-19-37-21-20-36-17-16-34-13-12-32-9-8-30-5-4-24(28)38-25-22(26)2-3-23(25)27/h2-21H2,1H3. The lowest BCUT2D eigenvalue weighted by Crippen LogP contribution is -2.32. The molecule has 0 unspecified atom stereocenters. The molecule has 0 aromatic carbocycles. The van der Waals surface area contributed by atoms with Crippen LogP contribution >= 0.6 is 0 Å². The van der Waals surface area contributed by atoms with Crippen LogP contribution in [0.3, 0.4) is 0 Å². The molecule has 0 N–H and O–H groups in total. The van der Waals surface area contributed by atoms with Crippen molar-refractivity contribution in [2.24, 2.45) is 0 Å². The van der Waals surface area contributed by atoms with Crippen LogP contribution in [0.5, 0.6) is 0 Å². The normalized spacial score (nSPS) is 13.6. The molecule has 0 atom stereocenters. The van der Waals surface area contributed by atoms with Gasteiger partial charge < -0.3 is 47.5 Å². The van der Waals surface area contributed by atoms with Crippen molar-refractivity contribution in [3.8, 4) is 0 Å². The Balaban J connectivity index is 1.69. The minimum absolute atomic E-state index is 0.0635. The fourth-order valence-corrected chi connectivity index (χ4v) is 2.74. The van der Waals surface area contributed by atoms with Gasteiger partial charge in [-0.3, -0.25) is 9.59 Å². The number of nitrogens with zero attached hydrogens (tertiary/aromatic N) is 1. The summed E-state index contributed by atoms with van der Waals surface area (Å²) in [5, 5.41) is 0.520. The van der Waals surface area contributed by atoms with Crippen molar-refractivity contribution >= 4 is 17.8 Å². The Bertz CT molecular complexity index is 592. The van der Waals surface area contributed by atoms with E-state index >= 15 is 0 Å². The predicted molar refractivity (Wildman–Crippen MR) is 130 cm³/mol. The molecule has 222 valence electrons. The maximum Gasteiger partial charge on any atom is 0.335 e. The number of carbonyl (C=O) groups is 3. The van der Waals surface area contributed by atoms with Gasteiger partial charge in [0.2, 0.25) is 0 Å². The summed E-state index contributed by atoms with van der Waals surface area (Å²) in [7, 11) is 1.63. The molecule has 0 radical (unpaired) electrons. The molecule has 1 aliphatic rings. The van der Waals surface area contributed by atoms with Gasteiger partial charge in [0.1, 0.15) is 0 Å². The highest BCUT2D eigenvalue weighted by molar-refractivity contribution is 6.01. The van der Waals surface area contributed by atoms with Crippen molar-refractivity contribution in [3.63, 3.8) is 0 Å². The van der Waals surface area contributed by atoms with E-state index in [1.165, 1.54) is 0 Å². The molecule has 0 bridgehead atoms. The van der Waals surface area contributed by atoms with Gasteiger partial charge in [0, 0.05) is 20.0 Å². The number of carbonyl (C=O) groups excluding carboxylic acids is 3. The number of hydrogen-bond acceptors (Lipinski definition) is 13. The Morgan fingerprint density at radius 1 is 0.526 bits per heavy atom. The lowest BCUT2D eigenvalue weighted by Gasteiger charge is -2.12. The molecular formula is C24H43NO13. The Labute approximate surface area is 223 Å². The molecule has 14 heteroatoms. The van der Waals surface area contributed by atoms with E-state index in [4.69, 9.17) is 47.5 Å². The minimum atomic E-state index is -0.695. The van der Waals surface area contributed by atoms with Crippen LogP contribution in [-0.2, 0) is 61.9 Å². The first-order valence-electron chi connectivity index (χ1n) is 12.8. The number of methoxy groups -OCH3 is 1. The maximum atomic E-state index is 11.6. The Morgan fingerprint density at radius 3 is 1.13 bits per heavy atom. The molecule has 1 aliphatic heterocycles. The van der Waals surface area contributed by atoms with Crippen LogP contribution in [0.2, 0.25) is 0 Å². The van der Waals surface area contributed by atoms with Gasteiger partial charge in [-0.1, -0.05) is 0 Å². The van der Waals surface area contributed by atoms with E-state index in [9.17, 15) is 14.4 Å². The molecule has 0 spiro atoms. The highest BCUT2D eigenvalue weighted by Gasteiger charge is 2.32. The zero-order valence-corrected chi connectivity index (χ0v) is 22.4. The first-order chi connectivity index (χ1) is 18.6. The summed E-state index contributed by atoms with van der Waals surface area (Å²) >= 11 is 0. The van der Waals surface area contributed by atoms with Gasteiger partial charge in [-0.05, 0) is 0 Å². The maximum absolute atomic E-state index is 11.6. The third-order valence-electron chi connectivity index (χ3n) is 4.69. The summed E-state index contributed by atoms with van der Waals surface area (Å²) < 4.78 is 47.8. The van der Waals surface area contributed by atoms with Crippen LogP contribution in [0, 0.1) is 0 Å². The fraction of sp³-hybridized carbons (Fsp3) is 0.875. The van der Waals surface area contributed by atoms with Crippen LogP contribution in [0.1, 0.15) is 19.3 Å². The first kappa shape index (κ1) is 34.3. The molecular weight excluding hydrogens is 510 g/mol. The second-order valence-electron chi connectivity index (χ2n) is 7.69. The highest BCUT2D eigenvalue weighted by Crippen LogP contribution is 2.12. The SMILES string of the molecule is COCCOCCOCCOCCOCCOCCOCCOCCOCCC(=O)ON1C(=O)CCC1=O. The monoisotopic (exact) mass is 553 g/mol. The number of hydroxylamine groups is 2. The van der Waals surface area contributed by atoms with Crippen molar-refractivity contribution in [1.29, 1.82) is 0 Å². The lowest BCUT2D eigenvalue weighted by molar-refractivity contribution is -0.198. The highest BCUT2D eigenvalue weighted by atomic mass is 16.7. The van der Waals surface area contributed by atoms with E-state index in [2.05, 4.69) is 0 Å². The summed E-state index contributed by atoms with van der Waals surface area (Å²) in [5.74, 6) is -1.71. The predicted octanol–water partition coefficient (Wildman–Crippen LogP) is -0.237. The van der Waals surface area contributed by atoms with Gasteiger partial charge in [0.05, 0.1) is 119 Å². The molecule has 0 saturated carbocycles. The first-order valence-corrected chi connectivity index (χ1v) is 12.8. The fourth-order valence-electron chi connectivity index (χ4n) is 2.74. The topological polar surface area (TPSA) is 147 Å². The number of amides is 2. The number of rotatable bonds is 28. The van der Waals surface area contributed by atoms with Crippen molar-refractivity contribution < 1.29 is 61.9 Å². The van der Waals surface area contributed by atoms with Crippen LogP contribution in [0.4, 0.5) is 0 Å². The zero-order chi connectivity index (χ0) is 27.5. The summed E-state index contributed by atoms with van der Waals surface area (Å²) in [6.45, 7) is 7.67. The summed E-state index contributed by atoms with van der Waals surface area (Å²) in [6, 6.07) is 0. The third-order valence-corrected chi connectivity index (χ3v) is 4.69. The lowest BCUT2D eigenvalue weighted by atomic mass is 10.4. The van der Waals surface area contributed by atoms with Gasteiger partial charge in [-0.25, -0.2) is 4.79 Å². The second kappa shape index (κ2) is 25.5. The van der Waals surface area contributed by atoms with E-state index in [0.717, 1.165) is 0 Å². The van der Waals surface area contributed by atoms with E-state index < -0.39 is 17.8 Å². The summed E-state index contributed by atoms with van der Waals surface area (Å²) in [6.07, 6.45) is 0.0591. The smallest absolute Gasteiger partial charge is 0.335 e. The number of hydrogen-bond donors (Lipinski definition) is 0. The van der Waals surface area contributed by atoms with Crippen LogP contribution < -0.4 is 0 Å². The molecule has 2 amide bonds. The zero-order valence-electron chi connectivity index (χ0n) is 22.4. The third kappa shape index (κ3) is 20.2. The number of imide groups is 1. The van der Waals surface area contributed by atoms with Crippen molar-refractivity contribution in [2.45, 2.75) is 19.3 Å². The summed E-state index contributed by atoms with van der Waals surface area (Å²) in [4.78, 5) is 39.0. The van der Waals surface area contributed by atoms with Gasteiger partial charge in [-0.2, -0.15) is 0 Å². The molecule has 1 rings (SSSR count). The van der Waals surface area contributed by atoms with Gasteiger partial charge >= 0.3 is 5.97 Å². The van der Waals surface area contributed by atoms with E-state index in [1.54, 1.807) is 7.11 Å². The average molecular weight is 554 g/mol. The van der Waals surface area contributed by atoms with Gasteiger partial charge in [0.15, 0.2) is 0 Å². The average Bonchev–Trinajstić information content (AvgIpc) is 3.22. The molecule has 1 saturated heterocycles. The molecule has 1 fully saturated rings. The van der Waals surface area contributed by atoms with Crippen molar-refractivity contribution in [2.75, 3.05) is 119 Å². The molecule has 38 heavy (non-hydrogen) atoms. The Morgan fingerprint density at radius 2 is 0.816 bits per heavy atom. The largest absolute Gasteiger partial charge is 0.382 e. The van der Waals surface area contributed by atoms with Gasteiger partial charge in [0.25, 0.3) is 11.8 Å². The quantitative estimate of drug-likeness (QED) is 0.0928. The minimum Gasteiger partial charge on any atom is -0.382 e. The Hall–Kier alpha value is -1.75. The Kier molecular flexibility index (Phi) is 23.0. The van der Waals surface area contributed by atoms with E-state index in [0.29, 0.717) is 111 Å². The second-order valence-corrected chi connectivity index (χ2v) is 7.69. The van der Waals surface area contributed by atoms with E-state index in [-0.39, 0.29) is 25.9 Å². The van der Waals surface area contributed by atoms with Crippen LogP contribution in [0.25, 0.3) is 0 Å². The van der Waals surface area contributed by atoms with E-state index in [1.807, 2.05) is 0 Å². The number of ether oxygens (including phenoxy) is 9. The van der Waals surface area contributed by atoms with Crippen LogP contribution in [0.15, 0.2) is 0 Å². The molecule has 1 heterocycles.